The molecule has 2 fully saturated rings. The molecular weight excluding hydrogens is 408 g/mol. The number of halogens is 1. The van der Waals surface area contributed by atoms with Crippen LogP contribution in [0.25, 0.3) is 0 Å². The molecule has 1 aromatic carbocycles. The van der Waals surface area contributed by atoms with Gasteiger partial charge in [0.2, 0.25) is 5.91 Å². The highest BCUT2D eigenvalue weighted by molar-refractivity contribution is 7.10. The highest BCUT2D eigenvalue weighted by atomic mass is 35.5. The lowest BCUT2D eigenvalue weighted by atomic mass is 9.73. The Kier molecular flexibility index (Phi) is 7.71. The number of amides is 1. The van der Waals surface area contributed by atoms with Gasteiger partial charge in [-0.1, -0.05) is 36.4 Å². The second-order valence-electron chi connectivity index (χ2n) is 7.68. The van der Waals surface area contributed by atoms with Crippen molar-refractivity contribution < 1.29 is 14.6 Å². The van der Waals surface area contributed by atoms with Gasteiger partial charge in [-0.2, -0.15) is 0 Å². The van der Waals surface area contributed by atoms with Crippen LogP contribution in [0.5, 0.6) is 0 Å². The SMILES string of the molecule is Cl.O=C(N1CCN(CC(O)c2cccs2)CC1)C1(c2ccccc2)CCOCC1. The first-order valence-electron chi connectivity index (χ1n) is 10.1. The first kappa shape index (κ1) is 22.2. The number of nitrogens with zero attached hydrogens (tertiary/aromatic N) is 2. The Balaban J connectivity index is 0.00000240. The Morgan fingerprint density at radius 1 is 1.07 bits per heavy atom. The van der Waals surface area contributed by atoms with Crippen LogP contribution >= 0.6 is 23.7 Å². The highest BCUT2D eigenvalue weighted by Gasteiger charge is 2.44. The van der Waals surface area contributed by atoms with Gasteiger partial charge >= 0.3 is 0 Å². The predicted octanol–water partition coefficient (Wildman–Crippen LogP) is 3.10. The molecule has 29 heavy (non-hydrogen) atoms. The van der Waals surface area contributed by atoms with Crippen LogP contribution in [0, 0.1) is 0 Å². The number of β-amino-alcohol motifs (C(OH)–C–C–N with tert-alkyl or cyclic N) is 1. The first-order valence-corrected chi connectivity index (χ1v) is 10.9. The van der Waals surface area contributed by atoms with Crippen molar-refractivity contribution >= 4 is 29.7 Å². The number of benzene rings is 1. The van der Waals surface area contributed by atoms with Crippen LogP contribution in [-0.4, -0.2) is 66.8 Å². The molecule has 2 aliphatic heterocycles. The molecule has 1 aromatic heterocycles. The molecule has 0 bridgehead atoms. The van der Waals surface area contributed by atoms with Crippen molar-refractivity contribution in [2.75, 3.05) is 45.9 Å². The van der Waals surface area contributed by atoms with E-state index in [1.807, 2.05) is 40.6 Å². The van der Waals surface area contributed by atoms with Crippen molar-refractivity contribution in [1.82, 2.24) is 9.80 Å². The zero-order valence-corrected chi connectivity index (χ0v) is 18.2. The average molecular weight is 437 g/mol. The molecule has 158 valence electrons. The van der Waals surface area contributed by atoms with E-state index in [0.29, 0.717) is 32.8 Å². The van der Waals surface area contributed by atoms with Gasteiger partial charge in [-0.25, -0.2) is 0 Å². The fourth-order valence-electron chi connectivity index (χ4n) is 4.35. The minimum Gasteiger partial charge on any atom is -0.386 e. The summed E-state index contributed by atoms with van der Waals surface area (Å²) in [5.74, 6) is 0.237. The Bertz CT molecular complexity index is 758. The number of carbonyl (C=O) groups excluding carboxylic acids is 1. The fourth-order valence-corrected chi connectivity index (χ4v) is 5.06. The molecular formula is C22H29ClN2O3S. The summed E-state index contributed by atoms with van der Waals surface area (Å²) in [5, 5.41) is 12.4. The van der Waals surface area contributed by atoms with Crippen LogP contribution in [0.2, 0.25) is 0 Å². The maximum atomic E-state index is 13.6. The number of carbonyl (C=O) groups is 1. The quantitative estimate of drug-likeness (QED) is 0.782. The van der Waals surface area contributed by atoms with Crippen LogP contribution in [0.1, 0.15) is 29.4 Å². The van der Waals surface area contributed by atoms with Gasteiger partial charge in [-0.05, 0) is 29.9 Å². The number of hydrogen-bond donors (Lipinski definition) is 1. The molecule has 4 rings (SSSR count). The molecule has 1 amide bonds. The molecule has 2 saturated heterocycles. The molecule has 7 heteroatoms. The minimum atomic E-state index is -0.460. The number of rotatable bonds is 5. The summed E-state index contributed by atoms with van der Waals surface area (Å²) < 4.78 is 5.57. The van der Waals surface area contributed by atoms with E-state index in [1.165, 1.54) is 0 Å². The lowest BCUT2D eigenvalue weighted by molar-refractivity contribution is -0.143. The van der Waals surface area contributed by atoms with Crippen LogP contribution in [0.4, 0.5) is 0 Å². The Hall–Kier alpha value is -1.44. The second-order valence-corrected chi connectivity index (χ2v) is 8.66. The van der Waals surface area contributed by atoms with Crippen LogP contribution in [0.15, 0.2) is 47.8 Å². The molecule has 2 aromatic rings. The summed E-state index contributed by atoms with van der Waals surface area (Å²) in [4.78, 5) is 18.9. The third-order valence-corrected chi connectivity index (χ3v) is 7.02. The lowest BCUT2D eigenvalue weighted by Crippen LogP contribution is -2.56. The van der Waals surface area contributed by atoms with E-state index in [-0.39, 0.29) is 18.3 Å². The number of aliphatic hydroxyl groups excluding tert-OH is 1. The summed E-state index contributed by atoms with van der Waals surface area (Å²) in [6, 6.07) is 14.1. The molecule has 1 unspecified atom stereocenters. The van der Waals surface area contributed by atoms with Crippen molar-refractivity contribution in [3.05, 3.63) is 58.3 Å². The lowest BCUT2D eigenvalue weighted by Gasteiger charge is -2.43. The number of piperazine rings is 1. The standard InChI is InChI=1S/C22H28N2O3S.ClH/c25-19(20-7-4-16-28-20)17-23-10-12-24(13-11-23)21(26)22(8-14-27-15-9-22)18-5-2-1-3-6-18;/h1-7,16,19,25H,8-15,17H2;1H. The van der Waals surface area contributed by atoms with Gasteiger partial charge in [0, 0.05) is 50.8 Å². The van der Waals surface area contributed by atoms with Gasteiger partial charge in [0.05, 0.1) is 5.41 Å². The maximum absolute atomic E-state index is 13.6. The van der Waals surface area contributed by atoms with Gasteiger partial charge < -0.3 is 14.7 Å². The Morgan fingerprint density at radius 2 is 1.76 bits per heavy atom. The first-order chi connectivity index (χ1) is 13.7. The monoisotopic (exact) mass is 436 g/mol. The molecule has 1 atom stereocenters. The van der Waals surface area contributed by atoms with Crippen LogP contribution in [-0.2, 0) is 14.9 Å². The molecule has 0 radical (unpaired) electrons. The van der Waals surface area contributed by atoms with E-state index >= 15 is 0 Å². The van der Waals surface area contributed by atoms with Gasteiger partial charge in [-0.3, -0.25) is 9.69 Å². The third kappa shape index (κ3) is 4.84. The van der Waals surface area contributed by atoms with E-state index in [1.54, 1.807) is 11.3 Å². The molecule has 3 heterocycles. The smallest absolute Gasteiger partial charge is 0.233 e. The van der Waals surface area contributed by atoms with Gasteiger partial charge in [0.1, 0.15) is 6.10 Å². The number of aliphatic hydroxyl groups is 1. The summed E-state index contributed by atoms with van der Waals surface area (Å²) in [6.45, 7) is 4.92. The summed E-state index contributed by atoms with van der Waals surface area (Å²) in [6.07, 6.45) is 1.04. The minimum absolute atomic E-state index is 0. The fraction of sp³-hybridized carbons (Fsp3) is 0.500. The van der Waals surface area contributed by atoms with E-state index < -0.39 is 11.5 Å². The maximum Gasteiger partial charge on any atom is 0.233 e. The molecule has 0 saturated carbocycles. The Morgan fingerprint density at radius 3 is 2.38 bits per heavy atom. The largest absolute Gasteiger partial charge is 0.386 e. The summed E-state index contributed by atoms with van der Waals surface area (Å²) in [5.41, 5.74) is 0.650. The van der Waals surface area contributed by atoms with E-state index in [2.05, 4.69) is 17.0 Å². The Labute approximate surface area is 182 Å². The number of ether oxygens (including phenoxy) is 1. The van der Waals surface area contributed by atoms with Crippen molar-refractivity contribution in [3.8, 4) is 0 Å². The van der Waals surface area contributed by atoms with E-state index in [0.717, 1.165) is 36.4 Å². The van der Waals surface area contributed by atoms with Crippen molar-refractivity contribution in [1.29, 1.82) is 0 Å². The third-order valence-electron chi connectivity index (χ3n) is 6.04. The van der Waals surface area contributed by atoms with Crippen LogP contribution < -0.4 is 0 Å². The van der Waals surface area contributed by atoms with E-state index in [9.17, 15) is 9.90 Å². The zero-order valence-electron chi connectivity index (χ0n) is 16.5. The van der Waals surface area contributed by atoms with Crippen LogP contribution in [0.3, 0.4) is 0 Å². The molecule has 0 spiro atoms. The van der Waals surface area contributed by atoms with Gasteiger partial charge in [-0.15, -0.1) is 23.7 Å². The average Bonchev–Trinajstić information content (AvgIpc) is 3.30. The predicted molar refractivity (Wildman–Crippen MR) is 118 cm³/mol. The van der Waals surface area contributed by atoms with Crippen molar-refractivity contribution in [3.63, 3.8) is 0 Å². The van der Waals surface area contributed by atoms with Crippen molar-refractivity contribution in [2.24, 2.45) is 0 Å². The van der Waals surface area contributed by atoms with Gasteiger partial charge in [0.25, 0.3) is 0 Å². The number of thiophene rings is 1. The normalized spacial score (nSPS) is 20.7. The van der Waals surface area contributed by atoms with E-state index in [4.69, 9.17) is 4.74 Å². The topological polar surface area (TPSA) is 53.0 Å². The second kappa shape index (κ2) is 10.0. The molecule has 0 aliphatic carbocycles. The number of hydrogen-bond acceptors (Lipinski definition) is 5. The molecule has 5 nitrogen and oxygen atoms in total. The van der Waals surface area contributed by atoms with Gasteiger partial charge in [0.15, 0.2) is 0 Å². The molecule has 1 N–H and O–H groups in total. The van der Waals surface area contributed by atoms with Crippen molar-refractivity contribution in [2.45, 2.75) is 24.4 Å². The highest BCUT2D eigenvalue weighted by Crippen LogP contribution is 2.37. The summed E-state index contributed by atoms with van der Waals surface area (Å²) >= 11 is 1.59. The zero-order chi connectivity index (χ0) is 19.4. The molecule has 2 aliphatic rings. The summed E-state index contributed by atoms with van der Waals surface area (Å²) in [7, 11) is 0.